The molecule has 0 radical (unpaired) electrons. The van der Waals surface area contributed by atoms with E-state index in [1.54, 1.807) is 12.4 Å². The Labute approximate surface area is 131 Å². The first-order chi connectivity index (χ1) is 10.7. The number of aromatic nitrogens is 1. The van der Waals surface area contributed by atoms with Crippen LogP contribution in [0.25, 0.3) is 0 Å². The number of nitrogens with zero attached hydrogens (tertiary/aromatic N) is 2. The van der Waals surface area contributed by atoms with E-state index < -0.39 is 0 Å². The Morgan fingerprint density at radius 2 is 2.36 bits per heavy atom. The molecule has 5 heteroatoms. The van der Waals surface area contributed by atoms with Crippen molar-refractivity contribution in [2.24, 2.45) is 5.92 Å². The molecular weight excluding hydrogens is 280 g/mol. The number of rotatable bonds is 4. The largest absolute Gasteiger partial charge is 0.489 e. The third-order valence-corrected chi connectivity index (χ3v) is 5.14. The molecule has 0 aromatic carbocycles. The lowest BCUT2D eigenvalue weighted by Crippen LogP contribution is -2.54. The van der Waals surface area contributed by atoms with Gasteiger partial charge in [0.25, 0.3) is 0 Å². The first kappa shape index (κ1) is 14.4. The SMILES string of the molecule is C[C@]1(COc2cccnc2)C[C@@H]2CN(C3COC3)CC[C@@H]2O1. The van der Waals surface area contributed by atoms with Crippen molar-refractivity contribution in [3.63, 3.8) is 0 Å². The van der Waals surface area contributed by atoms with Crippen molar-refractivity contribution in [2.75, 3.05) is 32.9 Å². The Morgan fingerprint density at radius 1 is 1.45 bits per heavy atom. The maximum Gasteiger partial charge on any atom is 0.137 e. The molecule has 5 nitrogen and oxygen atoms in total. The van der Waals surface area contributed by atoms with Crippen molar-refractivity contribution in [1.29, 1.82) is 0 Å². The summed E-state index contributed by atoms with van der Waals surface area (Å²) in [6.45, 7) is 6.85. The molecule has 0 unspecified atom stereocenters. The topological polar surface area (TPSA) is 43.8 Å². The third kappa shape index (κ3) is 2.85. The quantitative estimate of drug-likeness (QED) is 0.847. The fraction of sp³-hybridized carbons (Fsp3) is 0.706. The zero-order chi connectivity index (χ0) is 15.0. The number of pyridine rings is 1. The van der Waals surface area contributed by atoms with Gasteiger partial charge in [-0.3, -0.25) is 9.88 Å². The molecule has 22 heavy (non-hydrogen) atoms. The lowest BCUT2D eigenvalue weighted by atomic mass is 9.88. The van der Waals surface area contributed by atoms with E-state index in [0.29, 0.717) is 24.7 Å². The molecule has 3 atom stereocenters. The standard InChI is InChI=1S/C17H24N2O3/c1-17(12-21-15-3-2-5-18-8-15)7-13-9-19(14-10-20-11-14)6-4-16(13)22-17/h2-3,5,8,13-14,16H,4,6-7,9-12H2,1H3/t13-,16+,17-/m1/s1. The van der Waals surface area contributed by atoms with Gasteiger partial charge in [0, 0.05) is 25.2 Å². The molecule has 1 aromatic rings. The van der Waals surface area contributed by atoms with E-state index in [0.717, 1.165) is 44.9 Å². The summed E-state index contributed by atoms with van der Waals surface area (Å²) in [5.74, 6) is 1.44. The summed E-state index contributed by atoms with van der Waals surface area (Å²) in [6, 6.07) is 4.47. The summed E-state index contributed by atoms with van der Waals surface area (Å²) in [5.41, 5.74) is -0.183. The van der Waals surface area contributed by atoms with Gasteiger partial charge in [0.1, 0.15) is 18.0 Å². The molecule has 0 bridgehead atoms. The second kappa shape index (κ2) is 5.80. The van der Waals surface area contributed by atoms with Gasteiger partial charge in [-0.05, 0) is 31.9 Å². The Balaban J connectivity index is 1.34. The Kier molecular flexibility index (Phi) is 3.80. The Morgan fingerprint density at radius 3 is 3.09 bits per heavy atom. The highest BCUT2D eigenvalue weighted by Gasteiger charge is 2.47. The Hall–Kier alpha value is -1.17. The molecule has 0 amide bonds. The highest BCUT2D eigenvalue weighted by atomic mass is 16.6. The number of fused-ring (bicyclic) bond motifs is 1. The van der Waals surface area contributed by atoms with Crippen LogP contribution in [0.2, 0.25) is 0 Å². The van der Waals surface area contributed by atoms with Crippen LogP contribution in [-0.2, 0) is 9.47 Å². The molecule has 3 saturated heterocycles. The van der Waals surface area contributed by atoms with E-state index in [1.165, 1.54) is 0 Å². The predicted octanol–water partition coefficient (Wildman–Crippen LogP) is 1.73. The molecule has 4 rings (SSSR count). The van der Waals surface area contributed by atoms with Crippen molar-refractivity contribution < 1.29 is 14.2 Å². The normalized spacial score (nSPS) is 35.9. The van der Waals surface area contributed by atoms with Gasteiger partial charge >= 0.3 is 0 Å². The average Bonchev–Trinajstić information content (AvgIpc) is 2.81. The van der Waals surface area contributed by atoms with Gasteiger partial charge in [-0.25, -0.2) is 0 Å². The molecule has 120 valence electrons. The molecule has 0 N–H and O–H groups in total. The summed E-state index contributed by atoms with van der Waals surface area (Å²) < 4.78 is 17.6. The van der Waals surface area contributed by atoms with E-state index in [1.807, 2.05) is 12.1 Å². The maximum atomic E-state index is 6.35. The van der Waals surface area contributed by atoms with Crippen LogP contribution in [0, 0.1) is 5.92 Å². The summed E-state index contributed by atoms with van der Waals surface area (Å²) in [4.78, 5) is 6.67. The minimum Gasteiger partial charge on any atom is -0.489 e. The van der Waals surface area contributed by atoms with Crippen LogP contribution in [0.3, 0.4) is 0 Å². The molecule has 4 heterocycles. The van der Waals surface area contributed by atoms with Gasteiger partial charge in [-0.2, -0.15) is 0 Å². The maximum absolute atomic E-state index is 6.35. The van der Waals surface area contributed by atoms with E-state index in [2.05, 4.69) is 16.8 Å². The second-order valence-electron chi connectivity index (χ2n) is 7.02. The van der Waals surface area contributed by atoms with Crippen LogP contribution in [-0.4, -0.2) is 60.5 Å². The average molecular weight is 304 g/mol. The number of piperidine rings is 1. The van der Waals surface area contributed by atoms with Gasteiger partial charge < -0.3 is 14.2 Å². The lowest BCUT2D eigenvalue weighted by molar-refractivity contribution is -0.101. The van der Waals surface area contributed by atoms with E-state index in [9.17, 15) is 0 Å². The van der Waals surface area contributed by atoms with E-state index in [4.69, 9.17) is 14.2 Å². The molecule has 1 aromatic heterocycles. The first-order valence-corrected chi connectivity index (χ1v) is 8.24. The fourth-order valence-electron chi connectivity index (χ4n) is 3.89. The second-order valence-corrected chi connectivity index (χ2v) is 7.02. The minimum atomic E-state index is -0.183. The van der Waals surface area contributed by atoms with Crippen LogP contribution >= 0.6 is 0 Å². The van der Waals surface area contributed by atoms with Crippen molar-refractivity contribution in [3.8, 4) is 5.75 Å². The molecule has 3 fully saturated rings. The van der Waals surface area contributed by atoms with Gasteiger partial charge in [-0.1, -0.05) is 0 Å². The highest BCUT2D eigenvalue weighted by molar-refractivity contribution is 5.15. The molecule has 3 aliphatic rings. The fourth-order valence-corrected chi connectivity index (χ4v) is 3.89. The highest BCUT2D eigenvalue weighted by Crippen LogP contribution is 2.40. The molecule has 3 aliphatic heterocycles. The van der Waals surface area contributed by atoms with Crippen molar-refractivity contribution >= 4 is 0 Å². The summed E-state index contributed by atoms with van der Waals surface area (Å²) in [6.07, 6.45) is 6.10. The van der Waals surface area contributed by atoms with Crippen LogP contribution < -0.4 is 4.74 Å². The number of ether oxygens (including phenoxy) is 3. The van der Waals surface area contributed by atoms with E-state index in [-0.39, 0.29) is 5.60 Å². The Bertz CT molecular complexity index is 508. The first-order valence-electron chi connectivity index (χ1n) is 8.24. The predicted molar refractivity (Wildman–Crippen MR) is 81.9 cm³/mol. The molecular formula is C17H24N2O3. The number of hydrogen-bond acceptors (Lipinski definition) is 5. The monoisotopic (exact) mass is 304 g/mol. The third-order valence-electron chi connectivity index (χ3n) is 5.14. The minimum absolute atomic E-state index is 0.183. The van der Waals surface area contributed by atoms with E-state index >= 15 is 0 Å². The van der Waals surface area contributed by atoms with Crippen LogP contribution in [0.4, 0.5) is 0 Å². The van der Waals surface area contributed by atoms with Gasteiger partial charge in [0.05, 0.1) is 31.6 Å². The van der Waals surface area contributed by atoms with Crippen LogP contribution in [0.5, 0.6) is 5.75 Å². The number of hydrogen-bond donors (Lipinski definition) is 0. The van der Waals surface area contributed by atoms with Gasteiger partial charge in [-0.15, -0.1) is 0 Å². The molecule has 0 aliphatic carbocycles. The van der Waals surface area contributed by atoms with Gasteiger partial charge in [0.2, 0.25) is 0 Å². The summed E-state index contributed by atoms with van der Waals surface area (Å²) in [5, 5.41) is 0. The molecule has 0 spiro atoms. The van der Waals surface area contributed by atoms with Crippen molar-refractivity contribution in [2.45, 2.75) is 37.5 Å². The summed E-state index contributed by atoms with van der Waals surface area (Å²) >= 11 is 0. The van der Waals surface area contributed by atoms with Crippen molar-refractivity contribution in [3.05, 3.63) is 24.5 Å². The molecule has 0 saturated carbocycles. The van der Waals surface area contributed by atoms with Crippen LogP contribution in [0.1, 0.15) is 19.8 Å². The smallest absolute Gasteiger partial charge is 0.137 e. The number of likely N-dealkylation sites (tertiary alicyclic amines) is 1. The summed E-state index contributed by atoms with van der Waals surface area (Å²) in [7, 11) is 0. The van der Waals surface area contributed by atoms with Crippen molar-refractivity contribution in [1.82, 2.24) is 9.88 Å². The van der Waals surface area contributed by atoms with Gasteiger partial charge in [0.15, 0.2) is 0 Å². The zero-order valence-electron chi connectivity index (χ0n) is 13.1. The van der Waals surface area contributed by atoms with Crippen LogP contribution in [0.15, 0.2) is 24.5 Å². The lowest BCUT2D eigenvalue weighted by Gasteiger charge is -2.42. The zero-order valence-corrected chi connectivity index (χ0v) is 13.1.